The van der Waals surface area contributed by atoms with Crippen LogP contribution >= 0.6 is 0 Å². The molecular formula is C25H26F2N6O2. The van der Waals surface area contributed by atoms with Gasteiger partial charge in [0.1, 0.15) is 23.0 Å². The van der Waals surface area contributed by atoms with Gasteiger partial charge < -0.3 is 10.1 Å². The lowest BCUT2D eigenvalue weighted by molar-refractivity contribution is 0.0312. The van der Waals surface area contributed by atoms with Crippen LogP contribution in [0.4, 0.5) is 8.78 Å². The summed E-state index contributed by atoms with van der Waals surface area (Å²) in [6.45, 7) is 0.476. The van der Waals surface area contributed by atoms with Gasteiger partial charge in [0.05, 0.1) is 23.4 Å². The third-order valence-electron chi connectivity index (χ3n) is 6.37. The van der Waals surface area contributed by atoms with Gasteiger partial charge >= 0.3 is 0 Å². The molecule has 1 saturated carbocycles. The summed E-state index contributed by atoms with van der Waals surface area (Å²) >= 11 is 0. The number of hydrogen-bond donors (Lipinski definition) is 1. The summed E-state index contributed by atoms with van der Waals surface area (Å²) in [6, 6.07) is 3.79. The smallest absolute Gasteiger partial charge is 0.293 e. The van der Waals surface area contributed by atoms with Crippen molar-refractivity contribution in [2.45, 2.75) is 43.7 Å². The van der Waals surface area contributed by atoms with E-state index < -0.39 is 17.2 Å². The predicted molar refractivity (Wildman–Crippen MR) is 128 cm³/mol. The number of fused-ring (bicyclic) bond motifs is 1. The minimum atomic E-state index is -0.767. The molecule has 0 amide bonds. The highest BCUT2D eigenvalue weighted by Crippen LogP contribution is 2.34. The first-order valence-electron chi connectivity index (χ1n) is 11.6. The Morgan fingerprint density at radius 2 is 2.09 bits per heavy atom. The van der Waals surface area contributed by atoms with E-state index in [1.165, 1.54) is 30.1 Å². The van der Waals surface area contributed by atoms with Crippen molar-refractivity contribution in [1.82, 2.24) is 25.1 Å². The second-order valence-corrected chi connectivity index (χ2v) is 8.94. The quantitative estimate of drug-likeness (QED) is 0.545. The van der Waals surface area contributed by atoms with Crippen LogP contribution in [0.1, 0.15) is 37.4 Å². The van der Waals surface area contributed by atoms with Crippen LogP contribution < -0.4 is 10.9 Å². The van der Waals surface area contributed by atoms with Crippen LogP contribution in [0.3, 0.4) is 0 Å². The second kappa shape index (κ2) is 9.61. The summed E-state index contributed by atoms with van der Waals surface area (Å²) in [7, 11) is 3.24. The number of aromatic nitrogens is 4. The van der Waals surface area contributed by atoms with Gasteiger partial charge in [0.25, 0.3) is 5.56 Å². The van der Waals surface area contributed by atoms with Crippen molar-refractivity contribution in [3.05, 3.63) is 64.0 Å². The summed E-state index contributed by atoms with van der Waals surface area (Å²) in [6.07, 6.45) is 8.47. The standard InChI is InChI=1S/C25H26F2N6O2/c1-28-11-15(12-29-17-4-5-17)21-9-14(7-8-35-21)24-31-22(18-6-3-16(26)10-20(18)27)19-13-30-33(2)25(34)23(19)32-24/h3,6,10-14,17,21,29H,4-5,7-9H2,1-2H3/b15-12+,28-11?. The number of nitrogens with zero attached hydrogens (tertiary/aromatic N) is 5. The van der Waals surface area contributed by atoms with E-state index >= 15 is 0 Å². The molecular weight excluding hydrogens is 454 g/mol. The fourth-order valence-corrected chi connectivity index (χ4v) is 4.28. The molecule has 5 rings (SSSR count). The Morgan fingerprint density at radius 1 is 1.26 bits per heavy atom. The Bertz CT molecular complexity index is 1380. The lowest BCUT2D eigenvalue weighted by atomic mass is 9.91. The highest BCUT2D eigenvalue weighted by molar-refractivity contribution is 5.91. The SMILES string of the molecule is CN=C/C(=C\NC1CC1)C1CC(c2nc(-c3ccc(F)cc3F)c3cnn(C)c(=O)c3n2)CCO1. The zero-order valence-electron chi connectivity index (χ0n) is 19.5. The summed E-state index contributed by atoms with van der Waals surface area (Å²) in [5.74, 6) is -1.16. The van der Waals surface area contributed by atoms with E-state index in [1.54, 1.807) is 13.3 Å². The molecule has 1 N–H and O–H groups in total. The molecule has 1 saturated heterocycles. The van der Waals surface area contributed by atoms with Gasteiger partial charge in [-0.05, 0) is 37.8 Å². The number of halogens is 2. The summed E-state index contributed by atoms with van der Waals surface area (Å²) < 4.78 is 35.6. The number of nitrogens with one attached hydrogen (secondary N) is 1. The highest BCUT2D eigenvalue weighted by atomic mass is 19.1. The van der Waals surface area contributed by atoms with Gasteiger partial charge in [0.2, 0.25) is 0 Å². The van der Waals surface area contributed by atoms with Crippen LogP contribution in [0.5, 0.6) is 0 Å². The molecule has 35 heavy (non-hydrogen) atoms. The van der Waals surface area contributed by atoms with Crippen molar-refractivity contribution in [2.75, 3.05) is 13.7 Å². The van der Waals surface area contributed by atoms with Crippen molar-refractivity contribution in [3.63, 3.8) is 0 Å². The van der Waals surface area contributed by atoms with Gasteiger partial charge in [-0.15, -0.1) is 0 Å². The highest BCUT2D eigenvalue weighted by Gasteiger charge is 2.30. The van der Waals surface area contributed by atoms with Crippen LogP contribution in [0.25, 0.3) is 22.2 Å². The molecule has 3 aromatic rings. The van der Waals surface area contributed by atoms with E-state index in [9.17, 15) is 13.6 Å². The molecule has 0 radical (unpaired) electrons. The number of ether oxygens (including phenoxy) is 1. The minimum absolute atomic E-state index is 0.0889. The molecule has 0 bridgehead atoms. The lowest BCUT2D eigenvalue weighted by Crippen LogP contribution is -2.29. The Kier molecular flexibility index (Phi) is 6.38. The molecule has 182 valence electrons. The van der Waals surface area contributed by atoms with Crippen molar-refractivity contribution >= 4 is 17.1 Å². The number of hydrogen-bond acceptors (Lipinski definition) is 7. The summed E-state index contributed by atoms with van der Waals surface area (Å²) in [5, 5.41) is 7.76. The second-order valence-electron chi connectivity index (χ2n) is 8.94. The molecule has 2 unspecified atom stereocenters. The fourth-order valence-electron chi connectivity index (χ4n) is 4.28. The maximum Gasteiger partial charge on any atom is 0.293 e. The van der Waals surface area contributed by atoms with E-state index in [2.05, 4.69) is 20.4 Å². The lowest BCUT2D eigenvalue weighted by Gasteiger charge is -2.29. The third-order valence-corrected chi connectivity index (χ3v) is 6.37. The Balaban J connectivity index is 1.57. The van der Waals surface area contributed by atoms with Gasteiger partial charge in [-0.2, -0.15) is 5.10 Å². The average Bonchev–Trinajstić information content (AvgIpc) is 3.68. The number of benzene rings is 1. The molecule has 0 spiro atoms. The van der Waals surface area contributed by atoms with E-state index in [0.29, 0.717) is 36.7 Å². The first kappa shape index (κ1) is 23.2. The van der Waals surface area contributed by atoms with Crippen molar-refractivity contribution in [3.8, 4) is 11.3 Å². The van der Waals surface area contributed by atoms with Crippen LogP contribution in [0, 0.1) is 11.6 Å². The molecule has 1 aromatic carbocycles. The fraction of sp³-hybridized carbons (Fsp3) is 0.400. The van der Waals surface area contributed by atoms with Crippen LogP contribution in [0.15, 0.2) is 46.0 Å². The minimum Gasteiger partial charge on any atom is -0.388 e. The van der Waals surface area contributed by atoms with Crippen molar-refractivity contribution in [1.29, 1.82) is 0 Å². The zero-order valence-corrected chi connectivity index (χ0v) is 19.5. The molecule has 1 aliphatic heterocycles. The van der Waals surface area contributed by atoms with Crippen molar-refractivity contribution < 1.29 is 13.5 Å². The van der Waals surface area contributed by atoms with E-state index in [1.807, 2.05) is 6.20 Å². The van der Waals surface area contributed by atoms with E-state index in [-0.39, 0.29) is 28.8 Å². The number of rotatable bonds is 6. The van der Waals surface area contributed by atoms with Gasteiger partial charge in [0.15, 0.2) is 0 Å². The third kappa shape index (κ3) is 4.84. The van der Waals surface area contributed by atoms with Crippen LogP contribution in [-0.4, -0.2) is 51.8 Å². The van der Waals surface area contributed by atoms with E-state index in [4.69, 9.17) is 9.72 Å². The molecule has 2 aromatic heterocycles. The zero-order chi connectivity index (χ0) is 24.5. The normalized spacial score (nSPS) is 21.1. The topological polar surface area (TPSA) is 94.3 Å². The van der Waals surface area contributed by atoms with Gasteiger partial charge in [-0.25, -0.2) is 23.4 Å². The molecule has 2 aliphatic rings. The largest absolute Gasteiger partial charge is 0.388 e. The van der Waals surface area contributed by atoms with Crippen LogP contribution in [0.2, 0.25) is 0 Å². The molecule has 2 atom stereocenters. The molecule has 8 nitrogen and oxygen atoms in total. The first-order valence-corrected chi connectivity index (χ1v) is 11.6. The monoisotopic (exact) mass is 480 g/mol. The Morgan fingerprint density at radius 3 is 2.83 bits per heavy atom. The molecule has 3 heterocycles. The summed E-state index contributed by atoms with van der Waals surface area (Å²) in [5.41, 5.74) is 0.972. The maximum atomic E-state index is 14.8. The number of aryl methyl sites for hydroxylation is 1. The van der Waals surface area contributed by atoms with Crippen molar-refractivity contribution in [2.24, 2.45) is 12.0 Å². The predicted octanol–water partition coefficient (Wildman–Crippen LogP) is 3.27. The van der Waals surface area contributed by atoms with Gasteiger partial charge in [-0.1, -0.05) is 0 Å². The number of aliphatic imine (C=N–C) groups is 1. The van der Waals surface area contributed by atoms with E-state index in [0.717, 1.165) is 24.5 Å². The Hall–Kier alpha value is -3.53. The van der Waals surface area contributed by atoms with Crippen LogP contribution in [-0.2, 0) is 11.8 Å². The average molecular weight is 481 g/mol. The first-order chi connectivity index (χ1) is 16.9. The summed E-state index contributed by atoms with van der Waals surface area (Å²) in [4.78, 5) is 26.4. The molecule has 2 fully saturated rings. The molecule has 1 aliphatic carbocycles. The van der Waals surface area contributed by atoms with Gasteiger partial charge in [0, 0.05) is 62.3 Å². The Labute approximate surface area is 200 Å². The molecule has 10 heteroatoms. The maximum absolute atomic E-state index is 14.8. The van der Waals surface area contributed by atoms with Gasteiger partial charge in [-0.3, -0.25) is 9.79 Å².